The molecule has 0 bridgehead atoms. The number of aliphatic hydroxyl groups is 1. The van der Waals surface area contributed by atoms with Crippen molar-refractivity contribution in [2.75, 3.05) is 6.54 Å². The Morgan fingerprint density at radius 3 is 2.47 bits per heavy atom. The van der Waals surface area contributed by atoms with E-state index in [2.05, 4.69) is 0 Å². The molecule has 0 heterocycles. The minimum Gasteiger partial charge on any atom is -0.504 e. The van der Waals surface area contributed by atoms with Crippen molar-refractivity contribution < 1.29 is 15.3 Å². The minimum atomic E-state index is -0.667. The summed E-state index contributed by atoms with van der Waals surface area (Å²) in [7, 11) is 0. The van der Waals surface area contributed by atoms with E-state index in [9.17, 15) is 10.2 Å². The number of aliphatic hydroxyl groups excluding tert-OH is 1. The highest BCUT2D eigenvalue weighted by molar-refractivity contribution is 5.41. The van der Waals surface area contributed by atoms with E-state index in [0.29, 0.717) is 18.5 Å². The van der Waals surface area contributed by atoms with Crippen molar-refractivity contribution in [1.29, 1.82) is 0 Å². The van der Waals surface area contributed by atoms with Gasteiger partial charge in [-0.15, -0.1) is 0 Å². The van der Waals surface area contributed by atoms with Gasteiger partial charge in [0.1, 0.15) is 0 Å². The maximum absolute atomic E-state index is 9.89. The summed E-state index contributed by atoms with van der Waals surface area (Å²) in [5.74, 6) is -0.372. The van der Waals surface area contributed by atoms with E-state index in [-0.39, 0.29) is 17.4 Å². The van der Waals surface area contributed by atoms with Gasteiger partial charge in [-0.3, -0.25) is 0 Å². The van der Waals surface area contributed by atoms with Crippen molar-refractivity contribution in [2.24, 2.45) is 11.7 Å². The van der Waals surface area contributed by atoms with Gasteiger partial charge < -0.3 is 21.1 Å². The van der Waals surface area contributed by atoms with Gasteiger partial charge in [0.2, 0.25) is 0 Å². The maximum atomic E-state index is 9.89. The van der Waals surface area contributed by atoms with Gasteiger partial charge >= 0.3 is 0 Å². The highest BCUT2D eigenvalue weighted by atomic mass is 16.3. The summed E-state index contributed by atoms with van der Waals surface area (Å²) in [4.78, 5) is 0. The fraction of sp³-hybridized carbons (Fsp3) is 0.455. The van der Waals surface area contributed by atoms with Gasteiger partial charge in [-0.25, -0.2) is 0 Å². The van der Waals surface area contributed by atoms with E-state index in [1.807, 2.05) is 6.92 Å². The fourth-order valence-corrected chi connectivity index (χ4v) is 1.47. The van der Waals surface area contributed by atoms with Crippen LogP contribution < -0.4 is 5.73 Å². The third-order valence-electron chi connectivity index (χ3n) is 2.50. The Hall–Kier alpha value is -1.26. The van der Waals surface area contributed by atoms with Crippen molar-refractivity contribution in [3.63, 3.8) is 0 Å². The second-order valence-electron chi connectivity index (χ2n) is 3.75. The Morgan fingerprint density at radius 1 is 1.27 bits per heavy atom. The van der Waals surface area contributed by atoms with E-state index < -0.39 is 6.10 Å². The van der Waals surface area contributed by atoms with E-state index in [4.69, 9.17) is 10.8 Å². The molecule has 0 radical (unpaired) electrons. The van der Waals surface area contributed by atoms with Crippen LogP contribution in [-0.4, -0.2) is 21.9 Å². The summed E-state index contributed by atoms with van der Waals surface area (Å²) in [6.45, 7) is 2.41. The molecular formula is C11H17NO3. The summed E-state index contributed by atoms with van der Waals surface area (Å²) in [6, 6.07) is 4.32. The van der Waals surface area contributed by atoms with Gasteiger partial charge in [-0.1, -0.05) is 13.0 Å². The summed E-state index contributed by atoms with van der Waals surface area (Å²) in [5.41, 5.74) is 5.99. The first-order chi connectivity index (χ1) is 7.06. The third kappa shape index (κ3) is 2.84. The zero-order chi connectivity index (χ0) is 11.4. The highest BCUT2D eigenvalue weighted by Gasteiger charge is 2.16. The lowest BCUT2D eigenvalue weighted by atomic mass is 9.94. The molecule has 15 heavy (non-hydrogen) atoms. The molecule has 84 valence electrons. The van der Waals surface area contributed by atoms with Gasteiger partial charge in [-0.2, -0.15) is 0 Å². The Labute approximate surface area is 89.0 Å². The second-order valence-corrected chi connectivity index (χ2v) is 3.75. The van der Waals surface area contributed by atoms with Crippen molar-refractivity contribution in [3.8, 4) is 11.5 Å². The largest absolute Gasteiger partial charge is 0.504 e. The summed E-state index contributed by atoms with van der Waals surface area (Å²) in [6.07, 6.45) is 0.0445. The van der Waals surface area contributed by atoms with Crippen molar-refractivity contribution in [3.05, 3.63) is 23.8 Å². The quantitative estimate of drug-likeness (QED) is 0.562. The van der Waals surface area contributed by atoms with Crippen LogP contribution in [0.15, 0.2) is 18.2 Å². The molecule has 0 saturated heterocycles. The smallest absolute Gasteiger partial charge is 0.157 e. The fourth-order valence-electron chi connectivity index (χ4n) is 1.47. The van der Waals surface area contributed by atoms with Crippen LogP contribution in [0.4, 0.5) is 0 Å². The lowest BCUT2D eigenvalue weighted by Gasteiger charge is -2.18. The number of phenolic OH excluding ortho intramolecular Hbond substituents is 2. The first kappa shape index (κ1) is 11.8. The van der Waals surface area contributed by atoms with E-state index in [1.165, 1.54) is 12.1 Å². The lowest BCUT2D eigenvalue weighted by molar-refractivity contribution is 0.114. The van der Waals surface area contributed by atoms with Crippen LogP contribution in [0.3, 0.4) is 0 Å². The monoisotopic (exact) mass is 211 g/mol. The van der Waals surface area contributed by atoms with E-state index in [0.717, 1.165) is 0 Å². The van der Waals surface area contributed by atoms with Crippen LogP contribution in [0, 0.1) is 5.92 Å². The topological polar surface area (TPSA) is 86.7 Å². The molecule has 0 saturated carbocycles. The van der Waals surface area contributed by atoms with Crippen LogP contribution in [0.5, 0.6) is 11.5 Å². The molecule has 2 atom stereocenters. The third-order valence-corrected chi connectivity index (χ3v) is 2.50. The predicted octanol–water partition coefficient (Wildman–Crippen LogP) is 1.12. The number of nitrogens with two attached hydrogens (primary N) is 1. The first-order valence-corrected chi connectivity index (χ1v) is 4.96. The first-order valence-electron chi connectivity index (χ1n) is 4.96. The minimum absolute atomic E-state index is 0.0268. The number of hydrogen-bond acceptors (Lipinski definition) is 4. The predicted molar refractivity (Wildman–Crippen MR) is 57.6 cm³/mol. The van der Waals surface area contributed by atoms with Gasteiger partial charge in [0, 0.05) is 0 Å². The van der Waals surface area contributed by atoms with Crippen LogP contribution >= 0.6 is 0 Å². The van der Waals surface area contributed by atoms with Crippen LogP contribution in [0.25, 0.3) is 0 Å². The van der Waals surface area contributed by atoms with Gasteiger partial charge in [0.25, 0.3) is 0 Å². The summed E-state index contributed by atoms with van der Waals surface area (Å²) >= 11 is 0. The van der Waals surface area contributed by atoms with Crippen LogP contribution in [0.1, 0.15) is 25.0 Å². The van der Waals surface area contributed by atoms with Crippen LogP contribution in [0.2, 0.25) is 0 Å². The second kappa shape index (κ2) is 5.00. The van der Waals surface area contributed by atoms with Crippen molar-refractivity contribution in [2.45, 2.75) is 19.4 Å². The molecule has 4 nitrogen and oxygen atoms in total. The normalized spacial score (nSPS) is 14.9. The number of aromatic hydroxyl groups is 2. The molecule has 0 amide bonds. The van der Waals surface area contributed by atoms with Gasteiger partial charge in [0.05, 0.1) is 6.10 Å². The van der Waals surface area contributed by atoms with Gasteiger partial charge in [0.15, 0.2) is 11.5 Å². The zero-order valence-electron chi connectivity index (χ0n) is 8.72. The number of hydrogen-bond donors (Lipinski definition) is 4. The molecule has 0 aliphatic rings. The molecule has 0 fully saturated rings. The number of phenols is 2. The lowest BCUT2D eigenvalue weighted by Crippen LogP contribution is -2.13. The molecule has 0 aliphatic carbocycles. The Kier molecular flexibility index (Phi) is 3.94. The van der Waals surface area contributed by atoms with Gasteiger partial charge in [-0.05, 0) is 36.6 Å². The molecule has 0 aliphatic heterocycles. The summed E-state index contributed by atoms with van der Waals surface area (Å²) in [5, 5.41) is 28.3. The number of rotatable bonds is 4. The highest BCUT2D eigenvalue weighted by Crippen LogP contribution is 2.31. The molecule has 1 rings (SSSR count). The Morgan fingerprint density at radius 2 is 1.93 bits per heavy atom. The molecule has 0 aromatic heterocycles. The molecular weight excluding hydrogens is 194 g/mol. The Bertz CT molecular complexity index is 328. The molecule has 1 aromatic carbocycles. The van der Waals surface area contributed by atoms with Crippen molar-refractivity contribution >= 4 is 0 Å². The maximum Gasteiger partial charge on any atom is 0.157 e. The SMILES string of the molecule is CC(CCN)C(O)c1ccc(O)c(O)c1. The van der Waals surface area contributed by atoms with E-state index in [1.54, 1.807) is 6.07 Å². The molecule has 5 N–H and O–H groups in total. The standard InChI is InChI=1S/C11H17NO3/c1-7(4-5-12)11(15)8-2-3-9(13)10(14)6-8/h2-3,6-7,11,13-15H,4-5,12H2,1H3. The van der Waals surface area contributed by atoms with Crippen LogP contribution in [-0.2, 0) is 0 Å². The Balaban J connectivity index is 2.81. The average Bonchev–Trinajstić information content (AvgIpc) is 2.21. The molecule has 2 unspecified atom stereocenters. The van der Waals surface area contributed by atoms with Crippen molar-refractivity contribution in [1.82, 2.24) is 0 Å². The van der Waals surface area contributed by atoms with E-state index >= 15 is 0 Å². The number of benzene rings is 1. The molecule has 1 aromatic rings. The average molecular weight is 211 g/mol. The summed E-state index contributed by atoms with van der Waals surface area (Å²) < 4.78 is 0. The molecule has 0 spiro atoms. The molecule has 4 heteroatoms. The zero-order valence-corrected chi connectivity index (χ0v) is 8.72.